The highest BCUT2D eigenvalue weighted by Crippen LogP contribution is 2.35. The Morgan fingerprint density at radius 1 is 1.18 bits per heavy atom. The lowest BCUT2D eigenvalue weighted by Crippen LogP contribution is -2.21. The van der Waals surface area contributed by atoms with E-state index >= 15 is 0 Å². The van der Waals surface area contributed by atoms with E-state index in [9.17, 15) is 21.6 Å². The number of aromatic nitrogens is 5. The molecule has 4 aromatic rings. The predicted octanol–water partition coefficient (Wildman–Crippen LogP) is 4.49. The maximum absolute atomic E-state index is 12.9. The second-order valence-electron chi connectivity index (χ2n) is 7.55. The molecule has 0 N–H and O–H groups in total. The maximum Gasteiger partial charge on any atom is 0.390 e. The van der Waals surface area contributed by atoms with E-state index in [1.54, 1.807) is 43.1 Å². The van der Waals surface area contributed by atoms with Gasteiger partial charge < -0.3 is 4.52 Å². The minimum Gasteiger partial charge on any atom is -0.361 e. The molecule has 0 aromatic carbocycles. The number of hydrogen-bond donors (Lipinski definition) is 0. The van der Waals surface area contributed by atoms with Crippen LogP contribution >= 0.6 is 0 Å². The molecule has 0 saturated heterocycles. The van der Waals surface area contributed by atoms with Crippen LogP contribution in [0.15, 0.2) is 48.0 Å². The largest absolute Gasteiger partial charge is 0.390 e. The molecule has 4 heterocycles. The Hall–Kier alpha value is -3.41. The molecule has 0 unspecified atom stereocenters. The van der Waals surface area contributed by atoms with Crippen LogP contribution in [0.4, 0.5) is 13.2 Å². The quantitative estimate of drug-likeness (QED) is 0.363. The summed E-state index contributed by atoms with van der Waals surface area (Å²) in [6, 6.07) is 1.57. The molecule has 4 aromatic heterocycles. The number of hydrogen-bond acceptors (Lipinski definition) is 6. The normalized spacial score (nSPS) is 12.5. The number of allylic oxidation sites excluding steroid dienone is 1. The van der Waals surface area contributed by atoms with Crippen molar-refractivity contribution < 1.29 is 26.1 Å². The van der Waals surface area contributed by atoms with Crippen molar-refractivity contribution >= 4 is 21.1 Å². The zero-order chi connectivity index (χ0) is 24.0. The minimum atomic E-state index is -4.61. The summed E-state index contributed by atoms with van der Waals surface area (Å²) in [6.45, 7) is 7.53. The van der Waals surface area contributed by atoms with Crippen LogP contribution in [-0.2, 0) is 16.6 Å². The Bertz CT molecular complexity index is 1430. The smallest absolute Gasteiger partial charge is 0.361 e. The highest BCUT2D eigenvalue weighted by Gasteiger charge is 2.31. The van der Waals surface area contributed by atoms with E-state index < -0.39 is 28.4 Å². The molecule has 8 nitrogen and oxygen atoms in total. The lowest BCUT2D eigenvalue weighted by atomic mass is 10.1. The van der Waals surface area contributed by atoms with E-state index in [1.165, 1.54) is 12.4 Å². The third kappa shape index (κ3) is 4.42. The van der Waals surface area contributed by atoms with Crippen molar-refractivity contribution in [1.82, 2.24) is 23.9 Å². The summed E-state index contributed by atoms with van der Waals surface area (Å²) < 4.78 is 71.9. The number of alkyl halides is 3. The highest BCUT2D eigenvalue weighted by molar-refractivity contribution is 7.90. The molecule has 33 heavy (non-hydrogen) atoms. The third-order valence-corrected chi connectivity index (χ3v) is 6.75. The Morgan fingerprint density at radius 2 is 1.94 bits per heavy atom. The summed E-state index contributed by atoms with van der Waals surface area (Å²) in [5.41, 5.74) is 3.24. The van der Waals surface area contributed by atoms with Crippen LogP contribution in [0.25, 0.3) is 33.3 Å². The van der Waals surface area contributed by atoms with Gasteiger partial charge in [0.25, 0.3) is 0 Å². The molecule has 0 aliphatic heterocycles. The molecule has 0 spiro atoms. The van der Waals surface area contributed by atoms with Crippen molar-refractivity contribution in [1.29, 1.82) is 0 Å². The number of nitrogens with zero attached hydrogens (tertiary/aromatic N) is 5. The van der Waals surface area contributed by atoms with Gasteiger partial charge in [0, 0.05) is 40.8 Å². The first-order chi connectivity index (χ1) is 15.5. The number of rotatable bonds is 7. The summed E-state index contributed by atoms with van der Waals surface area (Å²) in [7, 11) is -4.34. The topological polar surface area (TPSA) is 95.8 Å². The van der Waals surface area contributed by atoms with Gasteiger partial charge in [0.2, 0.25) is 10.0 Å². The Kier molecular flexibility index (Phi) is 5.64. The standard InChI is InChI=1S/C21H20F3N5O3S/c1-4-6-28-11-16(10-26-28)17-12-29(33(30,31)7-5-21(22,23)24)18-8-15(9-25-20(17)18)19-13(2)27-32-14(19)3/h4,8-12H,1,5-7H2,2-3H3. The first kappa shape index (κ1) is 22.8. The Labute approximate surface area is 187 Å². The van der Waals surface area contributed by atoms with Crippen LogP contribution in [0.1, 0.15) is 17.9 Å². The number of fused-ring (bicyclic) bond motifs is 1. The maximum atomic E-state index is 12.9. The van der Waals surface area contributed by atoms with Gasteiger partial charge in [-0.05, 0) is 19.9 Å². The molecular weight excluding hydrogens is 459 g/mol. The monoisotopic (exact) mass is 479 g/mol. The van der Waals surface area contributed by atoms with Gasteiger partial charge in [0.1, 0.15) is 5.76 Å². The van der Waals surface area contributed by atoms with Crippen molar-refractivity contribution in [3.63, 3.8) is 0 Å². The average molecular weight is 479 g/mol. The Balaban J connectivity index is 1.92. The van der Waals surface area contributed by atoms with Crippen LogP contribution in [-0.4, -0.2) is 44.2 Å². The van der Waals surface area contributed by atoms with E-state index in [2.05, 4.69) is 21.8 Å². The van der Waals surface area contributed by atoms with Crippen LogP contribution < -0.4 is 0 Å². The molecular formula is C21H20F3N5O3S. The number of aryl methyl sites for hydroxylation is 2. The van der Waals surface area contributed by atoms with Crippen LogP contribution in [0, 0.1) is 13.8 Å². The van der Waals surface area contributed by atoms with Crippen molar-refractivity contribution in [2.75, 3.05) is 5.75 Å². The van der Waals surface area contributed by atoms with E-state index in [0.29, 0.717) is 45.8 Å². The van der Waals surface area contributed by atoms with Gasteiger partial charge in [-0.3, -0.25) is 9.67 Å². The third-order valence-electron chi connectivity index (χ3n) is 5.13. The second-order valence-corrected chi connectivity index (χ2v) is 9.52. The molecule has 0 amide bonds. The van der Waals surface area contributed by atoms with Crippen LogP contribution in [0.3, 0.4) is 0 Å². The molecule has 174 valence electrons. The van der Waals surface area contributed by atoms with Crippen molar-refractivity contribution in [2.45, 2.75) is 33.0 Å². The Morgan fingerprint density at radius 3 is 2.58 bits per heavy atom. The van der Waals surface area contributed by atoms with Gasteiger partial charge in [-0.2, -0.15) is 18.3 Å². The first-order valence-corrected chi connectivity index (χ1v) is 11.5. The SMILES string of the molecule is C=CCn1cc(-c2cn(S(=O)(=O)CCC(F)(F)F)c3cc(-c4c(C)noc4C)cnc23)cn1. The van der Waals surface area contributed by atoms with Crippen LogP contribution in [0.5, 0.6) is 0 Å². The molecule has 0 aliphatic carbocycles. The minimum absolute atomic E-state index is 0.154. The van der Waals surface area contributed by atoms with Gasteiger partial charge in [-0.15, -0.1) is 6.58 Å². The van der Waals surface area contributed by atoms with Gasteiger partial charge in [0.15, 0.2) is 0 Å². The van der Waals surface area contributed by atoms with E-state index in [4.69, 9.17) is 4.52 Å². The zero-order valence-corrected chi connectivity index (χ0v) is 18.6. The lowest BCUT2D eigenvalue weighted by molar-refractivity contribution is -0.129. The highest BCUT2D eigenvalue weighted by atomic mass is 32.2. The van der Waals surface area contributed by atoms with E-state index in [-0.39, 0.29) is 5.52 Å². The molecule has 0 radical (unpaired) electrons. The number of pyridine rings is 1. The fourth-order valence-corrected chi connectivity index (χ4v) is 5.02. The molecule has 0 atom stereocenters. The van der Waals surface area contributed by atoms with Gasteiger partial charge in [0.05, 0.1) is 41.6 Å². The van der Waals surface area contributed by atoms with Crippen molar-refractivity contribution in [3.05, 3.63) is 55.0 Å². The fraction of sp³-hybridized carbons (Fsp3) is 0.286. The molecule has 0 fully saturated rings. The van der Waals surface area contributed by atoms with Gasteiger partial charge in [-0.1, -0.05) is 11.2 Å². The van der Waals surface area contributed by atoms with E-state index in [1.807, 2.05) is 0 Å². The predicted molar refractivity (Wildman–Crippen MR) is 116 cm³/mol. The molecule has 0 aliphatic rings. The molecule has 4 rings (SSSR count). The van der Waals surface area contributed by atoms with Gasteiger partial charge in [-0.25, -0.2) is 12.4 Å². The van der Waals surface area contributed by atoms with E-state index in [0.717, 1.165) is 3.97 Å². The summed E-state index contributed by atoms with van der Waals surface area (Å²) in [5.74, 6) is -0.581. The summed E-state index contributed by atoms with van der Waals surface area (Å²) in [5, 5.41) is 8.10. The molecule has 0 saturated carbocycles. The fourth-order valence-electron chi connectivity index (χ4n) is 3.63. The summed E-state index contributed by atoms with van der Waals surface area (Å²) >= 11 is 0. The lowest BCUT2D eigenvalue weighted by Gasteiger charge is -2.10. The molecule has 12 heteroatoms. The summed E-state index contributed by atoms with van der Waals surface area (Å²) in [6.07, 6.45) is 1.65. The van der Waals surface area contributed by atoms with Gasteiger partial charge >= 0.3 is 6.18 Å². The summed E-state index contributed by atoms with van der Waals surface area (Å²) in [4.78, 5) is 4.46. The zero-order valence-electron chi connectivity index (χ0n) is 17.8. The first-order valence-electron chi connectivity index (χ1n) is 9.88. The second kappa shape index (κ2) is 8.18. The van der Waals surface area contributed by atoms with Crippen LogP contribution in [0.2, 0.25) is 0 Å². The van der Waals surface area contributed by atoms with Crippen molar-refractivity contribution in [2.24, 2.45) is 0 Å². The molecule has 0 bridgehead atoms. The number of halogens is 3. The van der Waals surface area contributed by atoms with Crippen molar-refractivity contribution in [3.8, 4) is 22.3 Å². The average Bonchev–Trinajstić information content (AvgIpc) is 3.43.